The van der Waals surface area contributed by atoms with Crippen LogP contribution < -0.4 is 15.5 Å². The SMILES string of the molecule is Fc1ccc2c(c1)C(=CNc1ccc(N3CCOCC3)c(C(F)(F)F)c1)CN2. The highest BCUT2D eigenvalue weighted by Crippen LogP contribution is 2.39. The van der Waals surface area contributed by atoms with E-state index >= 15 is 0 Å². The molecule has 0 saturated carbocycles. The van der Waals surface area contributed by atoms with E-state index in [4.69, 9.17) is 4.74 Å². The van der Waals surface area contributed by atoms with Crippen LogP contribution in [0.2, 0.25) is 0 Å². The monoisotopic (exact) mass is 393 g/mol. The smallest absolute Gasteiger partial charge is 0.380 e. The lowest BCUT2D eigenvalue weighted by Crippen LogP contribution is -2.37. The molecule has 4 nitrogen and oxygen atoms in total. The molecule has 4 rings (SSSR count). The molecular weight excluding hydrogens is 374 g/mol. The Hall–Kier alpha value is -2.74. The first-order valence-electron chi connectivity index (χ1n) is 8.95. The number of nitrogens with zero attached hydrogens (tertiary/aromatic N) is 1. The maximum atomic E-state index is 13.6. The van der Waals surface area contributed by atoms with E-state index in [-0.39, 0.29) is 11.5 Å². The van der Waals surface area contributed by atoms with E-state index in [1.165, 1.54) is 18.2 Å². The second-order valence-corrected chi connectivity index (χ2v) is 6.69. The first-order valence-corrected chi connectivity index (χ1v) is 8.95. The van der Waals surface area contributed by atoms with Crippen molar-refractivity contribution in [1.82, 2.24) is 0 Å². The second kappa shape index (κ2) is 7.35. The fourth-order valence-corrected chi connectivity index (χ4v) is 3.45. The molecule has 2 aromatic rings. The number of nitrogens with one attached hydrogen (secondary N) is 2. The van der Waals surface area contributed by atoms with Crippen molar-refractivity contribution in [3.8, 4) is 0 Å². The van der Waals surface area contributed by atoms with Gasteiger partial charge in [-0.2, -0.15) is 13.2 Å². The zero-order chi connectivity index (χ0) is 19.7. The number of hydrogen-bond donors (Lipinski definition) is 2. The van der Waals surface area contributed by atoms with Crippen LogP contribution in [0.4, 0.5) is 34.6 Å². The molecule has 2 heterocycles. The molecule has 0 atom stereocenters. The first kappa shape index (κ1) is 18.6. The summed E-state index contributed by atoms with van der Waals surface area (Å²) in [6.45, 7) is 2.14. The van der Waals surface area contributed by atoms with Gasteiger partial charge in [-0.25, -0.2) is 4.39 Å². The van der Waals surface area contributed by atoms with E-state index in [1.54, 1.807) is 23.2 Å². The molecule has 28 heavy (non-hydrogen) atoms. The summed E-state index contributed by atoms with van der Waals surface area (Å²) < 4.78 is 59.6. The van der Waals surface area contributed by atoms with Gasteiger partial charge >= 0.3 is 6.18 Å². The molecule has 0 aromatic heterocycles. The summed E-state index contributed by atoms with van der Waals surface area (Å²) in [7, 11) is 0. The Morgan fingerprint density at radius 3 is 2.61 bits per heavy atom. The van der Waals surface area contributed by atoms with Gasteiger partial charge in [-0.15, -0.1) is 0 Å². The fraction of sp³-hybridized carbons (Fsp3) is 0.300. The van der Waals surface area contributed by atoms with Gasteiger partial charge in [-0.3, -0.25) is 0 Å². The molecule has 0 radical (unpaired) electrons. The highest BCUT2D eigenvalue weighted by atomic mass is 19.4. The largest absolute Gasteiger partial charge is 0.418 e. The summed E-state index contributed by atoms with van der Waals surface area (Å²) in [4.78, 5) is 1.69. The Balaban J connectivity index is 1.60. The van der Waals surface area contributed by atoms with Crippen LogP contribution in [-0.2, 0) is 10.9 Å². The lowest BCUT2D eigenvalue weighted by Gasteiger charge is -2.31. The molecule has 0 aliphatic carbocycles. The van der Waals surface area contributed by atoms with E-state index in [0.29, 0.717) is 44.1 Å². The van der Waals surface area contributed by atoms with Crippen LogP contribution in [0.25, 0.3) is 5.57 Å². The Kier molecular flexibility index (Phi) is 4.89. The van der Waals surface area contributed by atoms with E-state index in [9.17, 15) is 17.6 Å². The fourth-order valence-electron chi connectivity index (χ4n) is 3.45. The minimum absolute atomic E-state index is 0.156. The van der Waals surface area contributed by atoms with Crippen molar-refractivity contribution in [2.24, 2.45) is 0 Å². The van der Waals surface area contributed by atoms with Gasteiger partial charge in [0.15, 0.2) is 0 Å². The summed E-state index contributed by atoms with van der Waals surface area (Å²) in [5, 5.41) is 6.05. The number of anilines is 3. The van der Waals surface area contributed by atoms with Crippen molar-refractivity contribution >= 4 is 22.6 Å². The molecule has 2 N–H and O–H groups in total. The number of morpholine rings is 1. The van der Waals surface area contributed by atoms with Crippen LogP contribution in [-0.4, -0.2) is 32.8 Å². The maximum Gasteiger partial charge on any atom is 0.418 e. The summed E-state index contributed by atoms with van der Waals surface area (Å²) in [5.74, 6) is -0.359. The Morgan fingerprint density at radius 2 is 1.86 bits per heavy atom. The van der Waals surface area contributed by atoms with Crippen LogP contribution in [0, 0.1) is 5.82 Å². The lowest BCUT2D eigenvalue weighted by molar-refractivity contribution is -0.137. The summed E-state index contributed by atoms with van der Waals surface area (Å²) >= 11 is 0. The average Bonchev–Trinajstić information content (AvgIpc) is 3.08. The van der Waals surface area contributed by atoms with Gasteiger partial charge < -0.3 is 20.3 Å². The quantitative estimate of drug-likeness (QED) is 0.750. The third kappa shape index (κ3) is 3.77. The molecule has 2 aliphatic heterocycles. The van der Waals surface area contributed by atoms with Crippen molar-refractivity contribution in [2.45, 2.75) is 6.18 Å². The zero-order valence-corrected chi connectivity index (χ0v) is 14.9. The van der Waals surface area contributed by atoms with Gasteiger partial charge in [0, 0.05) is 48.5 Å². The third-order valence-corrected chi connectivity index (χ3v) is 4.86. The van der Waals surface area contributed by atoms with Crippen LogP contribution in [0.1, 0.15) is 11.1 Å². The Labute approximate surface area is 159 Å². The van der Waals surface area contributed by atoms with Crippen molar-refractivity contribution < 1.29 is 22.3 Å². The molecule has 148 valence electrons. The molecule has 8 heteroatoms. The summed E-state index contributed by atoms with van der Waals surface area (Å²) in [6.07, 6.45) is -2.86. The molecule has 1 fully saturated rings. The van der Waals surface area contributed by atoms with Crippen molar-refractivity contribution in [3.05, 3.63) is 59.5 Å². The summed E-state index contributed by atoms with van der Waals surface area (Å²) in [5.41, 5.74) is 2.07. The minimum atomic E-state index is -4.47. The highest BCUT2D eigenvalue weighted by molar-refractivity contribution is 5.85. The van der Waals surface area contributed by atoms with Crippen LogP contribution in [0.15, 0.2) is 42.6 Å². The predicted molar refractivity (Wildman–Crippen MR) is 101 cm³/mol. The number of fused-ring (bicyclic) bond motifs is 1. The molecular formula is C20H19F4N3O. The summed E-state index contributed by atoms with van der Waals surface area (Å²) in [6, 6.07) is 8.62. The Bertz CT molecular complexity index is 905. The van der Waals surface area contributed by atoms with E-state index in [2.05, 4.69) is 10.6 Å². The van der Waals surface area contributed by atoms with Crippen LogP contribution in [0.5, 0.6) is 0 Å². The number of hydrogen-bond acceptors (Lipinski definition) is 4. The van der Waals surface area contributed by atoms with Gasteiger partial charge in [0.1, 0.15) is 5.82 Å². The molecule has 2 aromatic carbocycles. The zero-order valence-electron chi connectivity index (χ0n) is 14.9. The van der Waals surface area contributed by atoms with Gasteiger partial charge in [0.05, 0.1) is 18.8 Å². The molecule has 0 unspecified atom stereocenters. The average molecular weight is 393 g/mol. The number of rotatable bonds is 3. The highest BCUT2D eigenvalue weighted by Gasteiger charge is 2.35. The number of halogens is 4. The first-order chi connectivity index (χ1) is 13.4. The molecule has 2 aliphatic rings. The van der Waals surface area contributed by atoms with Crippen LogP contribution >= 0.6 is 0 Å². The van der Waals surface area contributed by atoms with Gasteiger partial charge in [-0.1, -0.05) is 0 Å². The predicted octanol–water partition coefficient (Wildman–Crippen LogP) is 4.56. The Morgan fingerprint density at radius 1 is 1.07 bits per heavy atom. The van der Waals surface area contributed by atoms with Crippen molar-refractivity contribution in [3.63, 3.8) is 0 Å². The van der Waals surface area contributed by atoms with E-state index in [0.717, 1.165) is 17.3 Å². The lowest BCUT2D eigenvalue weighted by atomic mass is 10.1. The standard InChI is InChI=1S/C20H19F4N3O/c21-14-1-3-18-16(9-14)13(12-26-18)11-25-15-2-4-19(17(10-15)20(22,23)24)27-5-7-28-8-6-27/h1-4,9-11,25-26H,5-8,12H2. The molecule has 1 saturated heterocycles. The number of benzene rings is 2. The normalized spacial score (nSPS) is 18.1. The second-order valence-electron chi connectivity index (χ2n) is 6.69. The third-order valence-electron chi connectivity index (χ3n) is 4.86. The van der Waals surface area contributed by atoms with Crippen LogP contribution in [0.3, 0.4) is 0 Å². The molecule has 0 spiro atoms. The number of ether oxygens (including phenoxy) is 1. The topological polar surface area (TPSA) is 36.5 Å². The maximum absolute atomic E-state index is 13.6. The van der Waals surface area contributed by atoms with Gasteiger partial charge in [0.2, 0.25) is 0 Å². The van der Waals surface area contributed by atoms with Gasteiger partial charge in [0.25, 0.3) is 0 Å². The van der Waals surface area contributed by atoms with Crippen molar-refractivity contribution in [1.29, 1.82) is 0 Å². The van der Waals surface area contributed by atoms with E-state index in [1.807, 2.05) is 0 Å². The van der Waals surface area contributed by atoms with Gasteiger partial charge in [-0.05, 0) is 42.0 Å². The minimum Gasteiger partial charge on any atom is -0.380 e. The molecule has 0 bridgehead atoms. The molecule has 0 amide bonds. The van der Waals surface area contributed by atoms with Crippen molar-refractivity contribution in [2.75, 3.05) is 48.4 Å². The van der Waals surface area contributed by atoms with E-state index < -0.39 is 11.7 Å². The number of alkyl halides is 3.